The van der Waals surface area contributed by atoms with Crippen molar-refractivity contribution in [2.45, 2.75) is 115 Å². The number of hydrogen-bond acceptors (Lipinski definition) is 5. The van der Waals surface area contributed by atoms with E-state index >= 15 is 0 Å². The van der Waals surface area contributed by atoms with E-state index in [9.17, 15) is 18.9 Å². The molecule has 202 valence electrons. The average molecular weight is 520 g/mol. The lowest BCUT2D eigenvalue weighted by Crippen LogP contribution is -2.38. The van der Waals surface area contributed by atoms with Gasteiger partial charge in [0, 0.05) is 6.54 Å². The zero-order valence-electron chi connectivity index (χ0n) is 22.3. The number of esters is 1. The third-order valence-electron chi connectivity index (χ3n) is 6.68. The minimum atomic E-state index is -1.85. The van der Waals surface area contributed by atoms with Crippen LogP contribution in [0.4, 0.5) is 5.69 Å². The van der Waals surface area contributed by atoms with Crippen LogP contribution in [0.15, 0.2) is 34.3 Å². The van der Waals surface area contributed by atoms with Gasteiger partial charge >= 0.3 is 5.97 Å². The largest absolute Gasteiger partial charge is 0.514 e. The Hall–Kier alpha value is -2.15. The maximum atomic E-state index is 13.0. The van der Waals surface area contributed by atoms with Gasteiger partial charge in [0.05, 0.1) is 33.6 Å². The van der Waals surface area contributed by atoms with Gasteiger partial charge < -0.3 is 14.7 Å². The van der Waals surface area contributed by atoms with Crippen LogP contribution in [0.5, 0.6) is 0 Å². The lowest BCUT2D eigenvalue weighted by molar-refractivity contribution is -0.114. The number of aliphatic hydroxyl groups excluding tert-OH is 1. The topological polar surface area (TPSA) is 83.9 Å². The van der Waals surface area contributed by atoms with Gasteiger partial charge in [0.25, 0.3) is 5.91 Å². The molecular weight excluding hydrogens is 474 g/mol. The van der Waals surface area contributed by atoms with E-state index in [2.05, 4.69) is 13.8 Å². The Bertz CT molecular complexity index is 882. The Morgan fingerprint density at radius 3 is 2.03 bits per heavy atom. The van der Waals surface area contributed by atoms with Crippen molar-refractivity contribution in [3.05, 3.63) is 34.9 Å². The minimum absolute atomic E-state index is 0.156. The predicted molar refractivity (Wildman–Crippen MR) is 147 cm³/mol. The van der Waals surface area contributed by atoms with Crippen LogP contribution in [0.3, 0.4) is 0 Å². The predicted octanol–water partition coefficient (Wildman–Crippen LogP) is 7.59. The van der Waals surface area contributed by atoms with E-state index in [1.807, 2.05) is 0 Å². The third kappa shape index (κ3) is 9.38. The summed E-state index contributed by atoms with van der Waals surface area (Å²) in [6, 6.07) is 4.84. The number of amides is 1. The van der Waals surface area contributed by atoms with Crippen molar-refractivity contribution in [1.82, 2.24) is 0 Å². The standard InChI is InChI=1S/C29H45NO5S/c1-3-5-7-9-10-11-12-13-14-16-20-30-25-19-18-24(29(33)35-21-17-15-8-6-4-2)22-26(25)36(34)27(23-31)28(30)32/h18-19,22-23,31H,3-17,20-21H2,1-2H3/b27-23+. The fourth-order valence-corrected chi connectivity index (χ4v) is 5.69. The highest BCUT2D eigenvalue weighted by atomic mass is 32.2. The smallest absolute Gasteiger partial charge is 0.338 e. The number of benzene rings is 1. The quantitative estimate of drug-likeness (QED) is 0.0935. The SMILES string of the molecule is CCCCCCCCCCCCN1C(=O)/C(=C\O)S(=O)c2cc(C(=O)OCCCCCCC)ccc21. The Morgan fingerprint density at radius 1 is 0.889 bits per heavy atom. The van der Waals surface area contributed by atoms with Gasteiger partial charge in [-0.2, -0.15) is 0 Å². The van der Waals surface area contributed by atoms with E-state index in [0.29, 0.717) is 35.6 Å². The number of carbonyl (C=O) groups excluding carboxylic acids is 2. The molecule has 1 N–H and O–H groups in total. The van der Waals surface area contributed by atoms with Crippen LogP contribution in [0.2, 0.25) is 0 Å². The van der Waals surface area contributed by atoms with Gasteiger partial charge in [-0.05, 0) is 31.0 Å². The highest BCUT2D eigenvalue weighted by Gasteiger charge is 2.34. The molecule has 0 bridgehead atoms. The van der Waals surface area contributed by atoms with E-state index in [-0.39, 0.29) is 4.91 Å². The molecule has 1 aliphatic heterocycles. The second-order valence-electron chi connectivity index (χ2n) is 9.63. The average Bonchev–Trinajstić information content (AvgIpc) is 2.88. The van der Waals surface area contributed by atoms with Crippen molar-refractivity contribution in [2.24, 2.45) is 0 Å². The van der Waals surface area contributed by atoms with E-state index in [0.717, 1.165) is 44.9 Å². The Balaban J connectivity index is 1.92. The molecule has 0 fully saturated rings. The normalized spacial score (nSPS) is 16.4. The number of aliphatic hydroxyl groups is 1. The molecule has 6 nitrogen and oxygen atoms in total. The van der Waals surface area contributed by atoms with Gasteiger partial charge in [0.2, 0.25) is 0 Å². The summed E-state index contributed by atoms with van der Waals surface area (Å²) < 4.78 is 18.4. The number of unbranched alkanes of at least 4 members (excludes halogenated alkanes) is 13. The molecule has 0 aromatic heterocycles. The van der Waals surface area contributed by atoms with Crippen LogP contribution in [0.25, 0.3) is 0 Å². The zero-order chi connectivity index (χ0) is 26.2. The highest BCUT2D eigenvalue weighted by molar-refractivity contribution is 7.90. The molecule has 1 aliphatic rings. The first-order valence-electron chi connectivity index (χ1n) is 13.9. The molecule has 0 radical (unpaired) electrons. The van der Waals surface area contributed by atoms with E-state index in [4.69, 9.17) is 4.74 Å². The van der Waals surface area contributed by atoms with Crippen molar-refractivity contribution in [1.29, 1.82) is 0 Å². The summed E-state index contributed by atoms with van der Waals surface area (Å²) in [5.41, 5.74) is 0.845. The summed E-state index contributed by atoms with van der Waals surface area (Å²) in [5.74, 6) is -0.903. The zero-order valence-corrected chi connectivity index (χ0v) is 23.1. The summed E-state index contributed by atoms with van der Waals surface area (Å²) in [7, 11) is -1.85. The maximum Gasteiger partial charge on any atom is 0.338 e. The fraction of sp³-hybridized carbons (Fsp3) is 0.655. The van der Waals surface area contributed by atoms with Gasteiger partial charge in [-0.1, -0.05) is 97.3 Å². The lowest BCUT2D eigenvalue weighted by atomic mass is 10.1. The third-order valence-corrected chi connectivity index (χ3v) is 8.08. The van der Waals surface area contributed by atoms with E-state index < -0.39 is 22.7 Å². The number of anilines is 1. The number of ether oxygens (including phenoxy) is 1. The van der Waals surface area contributed by atoms with Crippen LogP contribution in [-0.4, -0.2) is 34.3 Å². The number of nitrogens with zero attached hydrogens (tertiary/aromatic N) is 1. The maximum absolute atomic E-state index is 13.0. The molecule has 1 unspecified atom stereocenters. The van der Waals surface area contributed by atoms with Gasteiger partial charge in [0.1, 0.15) is 11.2 Å². The van der Waals surface area contributed by atoms with Gasteiger partial charge in [-0.15, -0.1) is 0 Å². The number of hydrogen-bond donors (Lipinski definition) is 1. The molecule has 7 heteroatoms. The molecule has 0 saturated carbocycles. The Labute approximate surface area is 219 Å². The summed E-state index contributed by atoms with van der Waals surface area (Å²) >= 11 is 0. The van der Waals surface area contributed by atoms with Crippen LogP contribution in [0, 0.1) is 0 Å². The van der Waals surface area contributed by atoms with Gasteiger partial charge in [0.15, 0.2) is 0 Å². The molecule has 0 aliphatic carbocycles. The second-order valence-corrected chi connectivity index (χ2v) is 11.1. The molecule has 0 saturated heterocycles. The summed E-state index contributed by atoms with van der Waals surface area (Å²) in [4.78, 5) is 27.2. The number of carbonyl (C=O) groups is 2. The summed E-state index contributed by atoms with van der Waals surface area (Å²) in [5, 5.41) is 9.61. The lowest BCUT2D eigenvalue weighted by Gasteiger charge is -2.30. The summed E-state index contributed by atoms with van der Waals surface area (Å²) in [6.07, 6.45) is 17.9. The molecule has 1 atom stereocenters. The van der Waals surface area contributed by atoms with E-state index in [1.54, 1.807) is 17.0 Å². The van der Waals surface area contributed by atoms with Crippen LogP contribution in [0.1, 0.15) is 121 Å². The van der Waals surface area contributed by atoms with Crippen LogP contribution >= 0.6 is 0 Å². The molecule has 36 heavy (non-hydrogen) atoms. The molecule has 1 aromatic carbocycles. The van der Waals surface area contributed by atoms with Crippen molar-refractivity contribution in [3.8, 4) is 0 Å². The molecule has 2 rings (SSSR count). The minimum Gasteiger partial charge on any atom is -0.514 e. The second kappa shape index (κ2) is 17.3. The van der Waals surface area contributed by atoms with Crippen LogP contribution in [-0.2, 0) is 20.3 Å². The first-order valence-corrected chi connectivity index (χ1v) is 15.1. The fourth-order valence-electron chi connectivity index (χ4n) is 4.49. The van der Waals surface area contributed by atoms with Gasteiger partial charge in [-0.25, -0.2) is 9.00 Å². The first-order chi connectivity index (χ1) is 17.5. The first kappa shape index (κ1) is 30.1. The van der Waals surface area contributed by atoms with Crippen molar-refractivity contribution in [2.75, 3.05) is 18.1 Å². The molecule has 1 amide bonds. The Morgan fingerprint density at radius 2 is 1.44 bits per heavy atom. The molecule has 1 heterocycles. The number of fused-ring (bicyclic) bond motifs is 1. The van der Waals surface area contributed by atoms with Crippen molar-refractivity contribution >= 4 is 28.4 Å². The molecular formula is C29H45NO5S. The molecule has 0 spiro atoms. The van der Waals surface area contributed by atoms with Gasteiger partial charge in [-0.3, -0.25) is 4.79 Å². The van der Waals surface area contributed by atoms with E-state index in [1.165, 1.54) is 57.4 Å². The summed E-state index contributed by atoms with van der Waals surface area (Å²) in [6.45, 7) is 5.22. The molecule has 1 aromatic rings. The number of rotatable bonds is 18. The van der Waals surface area contributed by atoms with Crippen LogP contribution < -0.4 is 4.90 Å². The highest BCUT2D eigenvalue weighted by Crippen LogP contribution is 2.35. The Kier molecular flexibility index (Phi) is 14.5. The van der Waals surface area contributed by atoms with Crippen molar-refractivity contribution < 1.29 is 23.6 Å². The monoisotopic (exact) mass is 519 g/mol. The van der Waals surface area contributed by atoms with Crippen molar-refractivity contribution in [3.63, 3.8) is 0 Å².